The summed E-state index contributed by atoms with van der Waals surface area (Å²) < 4.78 is 0. The topological polar surface area (TPSA) is 42.3 Å². The first-order valence-electron chi connectivity index (χ1n) is 5.63. The first-order valence-corrected chi connectivity index (χ1v) is 5.63. The largest absolute Gasteiger partial charge is 0.304 e. The Morgan fingerprint density at radius 3 is 2.87 bits per heavy atom. The molecule has 1 N–H and O–H groups in total. The van der Waals surface area contributed by atoms with Gasteiger partial charge in [-0.15, -0.1) is 0 Å². The van der Waals surface area contributed by atoms with E-state index in [0.717, 1.165) is 13.1 Å². The van der Waals surface area contributed by atoms with Crippen molar-refractivity contribution >= 4 is 0 Å². The van der Waals surface area contributed by atoms with Gasteiger partial charge in [0.1, 0.15) is 6.04 Å². The van der Waals surface area contributed by atoms with Gasteiger partial charge in [-0.05, 0) is 40.5 Å². The van der Waals surface area contributed by atoms with E-state index in [0.29, 0.717) is 6.04 Å². The van der Waals surface area contributed by atoms with E-state index in [-0.39, 0.29) is 6.04 Å². The Hall–Kier alpha value is -0.630. The van der Waals surface area contributed by atoms with Crippen LogP contribution in [0.1, 0.15) is 12.8 Å². The van der Waals surface area contributed by atoms with Crippen molar-refractivity contribution in [3.63, 3.8) is 0 Å². The van der Waals surface area contributed by atoms with Crippen molar-refractivity contribution in [2.24, 2.45) is 0 Å². The molecule has 0 aliphatic carbocycles. The number of likely N-dealkylation sites (N-methyl/N-ethyl adjacent to an activating group) is 3. The molecule has 1 saturated heterocycles. The summed E-state index contributed by atoms with van der Waals surface area (Å²) in [4.78, 5) is 4.66. The summed E-state index contributed by atoms with van der Waals surface area (Å²) >= 11 is 0. The van der Waals surface area contributed by atoms with Gasteiger partial charge in [0, 0.05) is 19.1 Å². The molecule has 2 atom stereocenters. The molecule has 1 aliphatic heterocycles. The van der Waals surface area contributed by atoms with Crippen molar-refractivity contribution in [1.82, 2.24) is 15.1 Å². The summed E-state index contributed by atoms with van der Waals surface area (Å²) in [6, 6.07) is 2.87. The Bertz CT molecular complexity index is 223. The van der Waals surface area contributed by atoms with Gasteiger partial charge in [-0.2, -0.15) is 5.26 Å². The van der Waals surface area contributed by atoms with E-state index in [4.69, 9.17) is 5.26 Å². The third-order valence-corrected chi connectivity index (χ3v) is 3.19. The summed E-state index contributed by atoms with van der Waals surface area (Å²) in [6.45, 7) is 3.08. The summed E-state index contributed by atoms with van der Waals surface area (Å²) in [5.74, 6) is 0. The second-order valence-corrected chi connectivity index (χ2v) is 4.47. The molecule has 1 rings (SSSR count). The molecular formula is C11H22N4. The van der Waals surface area contributed by atoms with Gasteiger partial charge in [0.25, 0.3) is 0 Å². The van der Waals surface area contributed by atoms with E-state index in [2.05, 4.69) is 35.3 Å². The quantitative estimate of drug-likeness (QED) is 0.700. The molecule has 4 nitrogen and oxygen atoms in total. The molecule has 0 spiro atoms. The Morgan fingerprint density at radius 1 is 1.67 bits per heavy atom. The van der Waals surface area contributed by atoms with Gasteiger partial charge in [0.15, 0.2) is 0 Å². The van der Waals surface area contributed by atoms with E-state index < -0.39 is 0 Å². The van der Waals surface area contributed by atoms with Crippen molar-refractivity contribution < 1.29 is 0 Å². The molecule has 0 aromatic heterocycles. The van der Waals surface area contributed by atoms with Crippen LogP contribution in [0.15, 0.2) is 0 Å². The van der Waals surface area contributed by atoms with Crippen molar-refractivity contribution in [2.75, 3.05) is 40.8 Å². The predicted molar refractivity (Wildman–Crippen MR) is 61.6 cm³/mol. The zero-order chi connectivity index (χ0) is 11.3. The highest BCUT2D eigenvalue weighted by Crippen LogP contribution is 2.15. The zero-order valence-corrected chi connectivity index (χ0v) is 10.0. The van der Waals surface area contributed by atoms with Gasteiger partial charge in [0.05, 0.1) is 6.07 Å². The Morgan fingerprint density at radius 2 is 2.40 bits per heavy atom. The summed E-state index contributed by atoms with van der Waals surface area (Å²) in [6.07, 6.45) is 2.60. The molecule has 1 heterocycles. The molecule has 0 saturated carbocycles. The normalized spacial score (nSPS) is 24.3. The molecular weight excluding hydrogens is 188 g/mol. The van der Waals surface area contributed by atoms with Gasteiger partial charge in [-0.1, -0.05) is 0 Å². The Kier molecular flexibility index (Phi) is 5.03. The van der Waals surface area contributed by atoms with Crippen LogP contribution in [0.4, 0.5) is 0 Å². The molecule has 0 amide bonds. The van der Waals surface area contributed by atoms with Gasteiger partial charge >= 0.3 is 0 Å². The van der Waals surface area contributed by atoms with Gasteiger partial charge in [0.2, 0.25) is 0 Å². The predicted octanol–water partition coefficient (Wildman–Crippen LogP) is 0.124. The number of likely N-dealkylation sites (tertiary alicyclic amines) is 1. The molecule has 2 unspecified atom stereocenters. The highest BCUT2D eigenvalue weighted by molar-refractivity contribution is 4.91. The lowest BCUT2D eigenvalue weighted by molar-refractivity contribution is 0.215. The molecule has 86 valence electrons. The third kappa shape index (κ3) is 3.78. The number of nitriles is 1. The minimum Gasteiger partial charge on any atom is -0.304 e. The van der Waals surface area contributed by atoms with Crippen LogP contribution in [0.2, 0.25) is 0 Å². The third-order valence-electron chi connectivity index (χ3n) is 3.19. The molecule has 0 aromatic carbocycles. The second kappa shape index (κ2) is 6.06. The van der Waals surface area contributed by atoms with E-state index in [1.165, 1.54) is 19.4 Å². The van der Waals surface area contributed by atoms with Crippen LogP contribution in [-0.2, 0) is 0 Å². The maximum absolute atomic E-state index is 8.84. The van der Waals surface area contributed by atoms with Crippen LogP contribution in [-0.4, -0.2) is 62.7 Å². The second-order valence-electron chi connectivity index (χ2n) is 4.47. The van der Waals surface area contributed by atoms with Gasteiger partial charge in [-0.3, -0.25) is 0 Å². The lowest BCUT2D eigenvalue weighted by Gasteiger charge is -2.26. The molecule has 4 heteroatoms. The molecule has 0 bridgehead atoms. The number of hydrogen-bond acceptors (Lipinski definition) is 4. The highest BCUT2D eigenvalue weighted by atomic mass is 15.2. The van der Waals surface area contributed by atoms with E-state index in [1.54, 1.807) is 0 Å². The molecule has 1 fully saturated rings. The fourth-order valence-electron chi connectivity index (χ4n) is 2.15. The van der Waals surface area contributed by atoms with E-state index in [1.807, 2.05) is 7.05 Å². The Labute approximate surface area is 92.8 Å². The number of rotatable bonds is 5. The molecule has 0 radical (unpaired) electrons. The summed E-state index contributed by atoms with van der Waals surface area (Å²) in [5, 5.41) is 11.8. The van der Waals surface area contributed by atoms with E-state index >= 15 is 0 Å². The minimum absolute atomic E-state index is 0.0540. The molecule has 0 aromatic rings. The first-order chi connectivity index (χ1) is 7.17. The zero-order valence-electron chi connectivity index (χ0n) is 10.0. The Balaban J connectivity index is 2.29. The van der Waals surface area contributed by atoms with Crippen LogP contribution in [0.5, 0.6) is 0 Å². The lowest BCUT2D eigenvalue weighted by Crippen LogP contribution is -2.42. The standard InChI is InChI=1S/C11H22N4/c1-13-10(7-12)8-14(2)9-11-5-4-6-15(11)3/h10-11,13H,4-6,8-9H2,1-3H3. The number of nitrogens with zero attached hydrogens (tertiary/aromatic N) is 3. The minimum atomic E-state index is -0.0540. The lowest BCUT2D eigenvalue weighted by atomic mass is 10.2. The summed E-state index contributed by atoms with van der Waals surface area (Å²) in [7, 11) is 6.11. The molecule has 1 aliphatic rings. The highest BCUT2D eigenvalue weighted by Gasteiger charge is 2.22. The van der Waals surface area contributed by atoms with Crippen molar-refractivity contribution in [3.8, 4) is 6.07 Å². The van der Waals surface area contributed by atoms with Crippen LogP contribution < -0.4 is 5.32 Å². The van der Waals surface area contributed by atoms with Gasteiger partial charge in [-0.25, -0.2) is 0 Å². The fraction of sp³-hybridized carbons (Fsp3) is 0.909. The smallest absolute Gasteiger partial charge is 0.108 e. The maximum Gasteiger partial charge on any atom is 0.108 e. The van der Waals surface area contributed by atoms with E-state index in [9.17, 15) is 0 Å². The van der Waals surface area contributed by atoms with Crippen LogP contribution in [0.25, 0.3) is 0 Å². The number of hydrogen-bond donors (Lipinski definition) is 1. The van der Waals surface area contributed by atoms with Crippen molar-refractivity contribution in [3.05, 3.63) is 0 Å². The summed E-state index contributed by atoms with van der Waals surface area (Å²) in [5.41, 5.74) is 0. The van der Waals surface area contributed by atoms with Crippen molar-refractivity contribution in [1.29, 1.82) is 5.26 Å². The fourth-order valence-corrected chi connectivity index (χ4v) is 2.15. The maximum atomic E-state index is 8.84. The average Bonchev–Trinajstić information content (AvgIpc) is 2.61. The van der Waals surface area contributed by atoms with Gasteiger partial charge < -0.3 is 15.1 Å². The first kappa shape index (κ1) is 12.4. The number of nitrogens with one attached hydrogen (secondary N) is 1. The van der Waals surface area contributed by atoms with Crippen LogP contribution >= 0.6 is 0 Å². The SMILES string of the molecule is CNC(C#N)CN(C)CC1CCCN1C. The van der Waals surface area contributed by atoms with Crippen molar-refractivity contribution in [2.45, 2.75) is 24.9 Å². The average molecular weight is 210 g/mol. The molecule has 15 heavy (non-hydrogen) atoms. The van der Waals surface area contributed by atoms with Crippen LogP contribution in [0, 0.1) is 11.3 Å². The monoisotopic (exact) mass is 210 g/mol. The van der Waals surface area contributed by atoms with Crippen LogP contribution in [0.3, 0.4) is 0 Å².